The minimum Gasteiger partial charge on any atom is -0.497 e. The van der Waals surface area contributed by atoms with Crippen LogP contribution in [-0.2, 0) is 14.3 Å². The minimum atomic E-state index is -1.99. The van der Waals surface area contributed by atoms with Crippen LogP contribution < -0.4 is 9.64 Å². The van der Waals surface area contributed by atoms with Crippen molar-refractivity contribution in [2.75, 3.05) is 43.1 Å². The van der Waals surface area contributed by atoms with E-state index in [1.165, 1.54) is 0 Å². The molecule has 0 aromatic heterocycles. The Hall–Kier alpha value is -2.47. The van der Waals surface area contributed by atoms with Crippen molar-refractivity contribution in [1.29, 1.82) is 0 Å². The molecule has 2 aromatic rings. The molecule has 0 N–H and O–H groups in total. The van der Waals surface area contributed by atoms with Gasteiger partial charge in [-0.2, -0.15) is 0 Å². The molecule has 2 aliphatic rings. The summed E-state index contributed by atoms with van der Waals surface area (Å²) >= 11 is 0. The Morgan fingerprint density at radius 2 is 1.80 bits per heavy atom. The molecule has 2 saturated heterocycles. The number of amides is 1. The maximum absolute atomic E-state index is 13.5. The Kier molecular flexibility index (Phi) is 6.04. The largest absolute Gasteiger partial charge is 0.497 e. The van der Waals surface area contributed by atoms with Crippen LogP contribution in [0.5, 0.6) is 5.75 Å². The first-order chi connectivity index (χ1) is 14.5. The van der Waals surface area contributed by atoms with Crippen LogP contribution in [0.1, 0.15) is 24.4 Å². The molecule has 5 nitrogen and oxygen atoms in total. The van der Waals surface area contributed by atoms with Gasteiger partial charge in [0.2, 0.25) is 5.91 Å². The van der Waals surface area contributed by atoms with E-state index in [0.717, 1.165) is 30.1 Å². The van der Waals surface area contributed by atoms with Crippen molar-refractivity contribution in [1.82, 2.24) is 4.90 Å². The first kappa shape index (κ1) is 20.8. The fraction of sp³-hybridized carbons (Fsp3) is 0.417. The van der Waals surface area contributed by atoms with Crippen molar-refractivity contribution in [3.8, 4) is 5.75 Å². The molecule has 30 heavy (non-hydrogen) atoms. The summed E-state index contributed by atoms with van der Waals surface area (Å²) in [6, 6.07) is 18.3. The first-order valence-electron chi connectivity index (χ1n) is 10.5. The fourth-order valence-corrected chi connectivity index (χ4v) is 6.12. The minimum absolute atomic E-state index is 0.00955. The zero-order valence-electron chi connectivity index (χ0n) is 17.5. The number of piperazine rings is 1. The van der Waals surface area contributed by atoms with Gasteiger partial charge in [-0.1, -0.05) is 36.4 Å². The predicted octanol–water partition coefficient (Wildman–Crippen LogP) is 3.21. The highest BCUT2D eigenvalue weighted by Crippen LogP contribution is 2.33. The third kappa shape index (κ3) is 4.48. The summed E-state index contributed by atoms with van der Waals surface area (Å²) in [5, 5.41) is 0. The van der Waals surface area contributed by atoms with Gasteiger partial charge in [-0.05, 0) is 45.9 Å². The van der Waals surface area contributed by atoms with Crippen LogP contribution in [0, 0.1) is 5.92 Å². The SMILES string of the molecule is C=S1(=O)CCC(C(=O)N2CCN(c3cccc(OC)c3)CC2c2ccccc2)CC1. The lowest BCUT2D eigenvalue weighted by Crippen LogP contribution is -2.53. The normalized spacial score (nSPS) is 27.0. The lowest BCUT2D eigenvalue weighted by atomic mass is 9.96. The van der Waals surface area contributed by atoms with Crippen LogP contribution in [0.3, 0.4) is 0 Å². The Bertz CT molecular complexity index is 977. The summed E-state index contributed by atoms with van der Waals surface area (Å²) in [4.78, 5) is 17.8. The number of anilines is 1. The maximum atomic E-state index is 13.5. The second-order valence-corrected chi connectivity index (χ2v) is 11.0. The third-order valence-electron chi connectivity index (χ3n) is 6.29. The summed E-state index contributed by atoms with van der Waals surface area (Å²) < 4.78 is 17.6. The zero-order chi connectivity index (χ0) is 21.1. The lowest BCUT2D eigenvalue weighted by molar-refractivity contribution is -0.138. The number of rotatable bonds is 4. The molecule has 0 spiro atoms. The van der Waals surface area contributed by atoms with Gasteiger partial charge in [-0.3, -0.25) is 9.00 Å². The van der Waals surface area contributed by atoms with E-state index < -0.39 is 9.52 Å². The molecule has 0 bridgehead atoms. The average molecular weight is 427 g/mol. The van der Waals surface area contributed by atoms with Crippen LogP contribution >= 0.6 is 0 Å². The van der Waals surface area contributed by atoms with E-state index in [4.69, 9.17) is 4.74 Å². The van der Waals surface area contributed by atoms with Gasteiger partial charge in [-0.15, -0.1) is 0 Å². The van der Waals surface area contributed by atoms with E-state index in [0.29, 0.717) is 30.9 Å². The highest BCUT2D eigenvalue weighted by Gasteiger charge is 2.36. The topological polar surface area (TPSA) is 49.9 Å². The van der Waals surface area contributed by atoms with Crippen LogP contribution in [0.15, 0.2) is 54.6 Å². The van der Waals surface area contributed by atoms with Gasteiger partial charge in [0.1, 0.15) is 5.75 Å². The molecule has 2 aliphatic heterocycles. The lowest BCUT2D eigenvalue weighted by Gasteiger charge is -2.44. The highest BCUT2D eigenvalue weighted by atomic mass is 32.2. The van der Waals surface area contributed by atoms with E-state index >= 15 is 0 Å². The van der Waals surface area contributed by atoms with Crippen molar-refractivity contribution in [2.24, 2.45) is 5.92 Å². The van der Waals surface area contributed by atoms with Crippen LogP contribution in [0.4, 0.5) is 5.69 Å². The second-order valence-electron chi connectivity index (χ2n) is 8.25. The molecule has 0 aliphatic carbocycles. The summed E-state index contributed by atoms with van der Waals surface area (Å²) in [5.41, 5.74) is 2.26. The van der Waals surface area contributed by atoms with Crippen molar-refractivity contribution >= 4 is 27.0 Å². The molecular formula is C24H30N2O3S. The molecule has 0 radical (unpaired) electrons. The quantitative estimate of drug-likeness (QED) is 0.705. The standard InChI is InChI=1S/C24H30N2O3S/c1-29-22-10-6-9-21(17-22)25-13-14-26(23(18-25)19-7-4-3-5-8-19)24(27)20-11-15-30(2,28)16-12-20/h3-10,17,20,23H,2,11-16,18H2,1H3. The monoisotopic (exact) mass is 426 g/mol. The Morgan fingerprint density at radius 1 is 1.07 bits per heavy atom. The van der Waals surface area contributed by atoms with E-state index in [1.54, 1.807) is 7.11 Å². The number of carbonyl (C=O) groups is 1. The molecule has 1 atom stereocenters. The summed E-state index contributed by atoms with van der Waals surface area (Å²) in [7, 11) is -0.311. The molecule has 0 saturated carbocycles. The molecular weight excluding hydrogens is 396 g/mol. The second kappa shape index (κ2) is 8.72. The van der Waals surface area contributed by atoms with Gasteiger partial charge in [-0.25, -0.2) is 0 Å². The summed E-state index contributed by atoms with van der Waals surface area (Å²) in [6.07, 6.45) is 1.36. The Labute approximate surface area is 179 Å². The number of hydrogen-bond acceptors (Lipinski definition) is 4. The zero-order valence-corrected chi connectivity index (χ0v) is 18.4. The Balaban J connectivity index is 1.57. The smallest absolute Gasteiger partial charge is 0.226 e. The molecule has 4 rings (SSSR count). The van der Waals surface area contributed by atoms with E-state index in [9.17, 15) is 9.00 Å². The fourth-order valence-electron chi connectivity index (χ4n) is 4.49. The van der Waals surface area contributed by atoms with Gasteiger partial charge < -0.3 is 14.5 Å². The maximum Gasteiger partial charge on any atom is 0.226 e. The van der Waals surface area contributed by atoms with E-state index in [-0.39, 0.29) is 17.9 Å². The number of hydrogen-bond donors (Lipinski definition) is 0. The van der Waals surface area contributed by atoms with Gasteiger partial charge in [0.05, 0.1) is 13.2 Å². The molecule has 160 valence electrons. The third-order valence-corrected chi connectivity index (χ3v) is 8.25. The highest BCUT2D eigenvalue weighted by molar-refractivity contribution is 8.00. The average Bonchev–Trinajstić information content (AvgIpc) is 2.79. The van der Waals surface area contributed by atoms with Crippen LogP contribution in [-0.4, -0.2) is 59.1 Å². The van der Waals surface area contributed by atoms with Crippen LogP contribution in [0.25, 0.3) is 0 Å². The molecule has 2 heterocycles. The Morgan fingerprint density at radius 3 is 2.50 bits per heavy atom. The first-order valence-corrected chi connectivity index (χ1v) is 12.6. The van der Waals surface area contributed by atoms with E-state index in [2.05, 4.69) is 29.0 Å². The van der Waals surface area contributed by atoms with Gasteiger partial charge in [0.25, 0.3) is 0 Å². The molecule has 2 aromatic carbocycles. The predicted molar refractivity (Wildman–Crippen MR) is 124 cm³/mol. The number of nitrogens with zero attached hydrogens (tertiary/aromatic N) is 2. The van der Waals surface area contributed by atoms with Crippen molar-refractivity contribution in [3.63, 3.8) is 0 Å². The number of ether oxygens (including phenoxy) is 1. The molecule has 1 amide bonds. The molecule has 2 fully saturated rings. The summed E-state index contributed by atoms with van der Waals surface area (Å²) in [5.74, 6) is 5.95. The molecule has 6 heteroatoms. The van der Waals surface area contributed by atoms with Crippen molar-refractivity contribution in [2.45, 2.75) is 18.9 Å². The van der Waals surface area contributed by atoms with Gasteiger partial charge >= 0.3 is 0 Å². The van der Waals surface area contributed by atoms with Crippen LogP contribution in [0.2, 0.25) is 0 Å². The number of carbonyl (C=O) groups excluding carboxylic acids is 1. The van der Waals surface area contributed by atoms with E-state index in [1.807, 2.05) is 41.3 Å². The summed E-state index contributed by atoms with van der Waals surface area (Å²) in [6.45, 7) is 2.19. The number of methoxy groups -OCH3 is 1. The van der Waals surface area contributed by atoms with Gasteiger partial charge in [0.15, 0.2) is 0 Å². The number of benzene rings is 2. The molecule has 1 unspecified atom stereocenters. The van der Waals surface area contributed by atoms with Crippen molar-refractivity contribution < 1.29 is 13.7 Å². The van der Waals surface area contributed by atoms with Crippen molar-refractivity contribution in [3.05, 3.63) is 60.2 Å². The van der Waals surface area contributed by atoms with Gasteiger partial charge in [0, 0.05) is 48.8 Å².